The summed E-state index contributed by atoms with van der Waals surface area (Å²) in [6.45, 7) is 6.96. The second kappa shape index (κ2) is 3.40. The Morgan fingerprint density at radius 3 is 2.18 bits per heavy atom. The third-order valence-corrected chi connectivity index (χ3v) is 3.11. The zero-order chi connectivity index (χ0) is 8.32. The molecule has 0 atom stereocenters. The van der Waals surface area contributed by atoms with Crippen LogP contribution in [-0.2, 0) is 0 Å². The van der Waals surface area contributed by atoms with Gasteiger partial charge in [-0.15, -0.1) is 0 Å². The van der Waals surface area contributed by atoms with Gasteiger partial charge in [-0.05, 0) is 19.8 Å². The van der Waals surface area contributed by atoms with E-state index in [1.54, 1.807) is 0 Å². The molecule has 64 valence electrons. The molecule has 0 aromatic rings. The predicted octanol–water partition coefficient (Wildman–Crippen LogP) is 2.47. The molecule has 1 aliphatic rings. The fraction of sp³-hybridized carbons (Fsp3) is 0.800. The van der Waals surface area contributed by atoms with Gasteiger partial charge in [-0.3, -0.25) is 0 Å². The molecule has 1 heteroatoms. The van der Waals surface area contributed by atoms with Crippen molar-refractivity contribution in [3.63, 3.8) is 0 Å². The molecule has 0 aliphatic heterocycles. The van der Waals surface area contributed by atoms with E-state index in [-0.39, 0.29) is 0 Å². The largest absolute Gasteiger partial charge is 0.330 e. The van der Waals surface area contributed by atoms with E-state index in [1.807, 2.05) is 0 Å². The third-order valence-electron chi connectivity index (χ3n) is 3.11. The maximum absolute atomic E-state index is 5.78. The Balaban J connectivity index is 2.64. The Hall–Kier alpha value is -0.300. The van der Waals surface area contributed by atoms with Crippen LogP contribution in [0.3, 0.4) is 0 Å². The first kappa shape index (κ1) is 8.79. The van der Waals surface area contributed by atoms with Gasteiger partial charge in [0.05, 0.1) is 0 Å². The van der Waals surface area contributed by atoms with Crippen molar-refractivity contribution in [2.24, 2.45) is 11.1 Å². The van der Waals surface area contributed by atoms with Gasteiger partial charge >= 0.3 is 0 Å². The normalized spacial score (nSPS) is 23.1. The van der Waals surface area contributed by atoms with E-state index in [9.17, 15) is 0 Å². The topological polar surface area (TPSA) is 26.0 Å². The second-order valence-corrected chi connectivity index (χ2v) is 3.83. The summed E-state index contributed by atoms with van der Waals surface area (Å²) < 4.78 is 0. The van der Waals surface area contributed by atoms with Crippen LogP contribution in [0, 0.1) is 5.41 Å². The van der Waals surface area contributed by atoms with Crippen molar-refractivity contribution in [1.29, 1.82) is 0 Å². The van der Waals surface area contributed by atoms with Crippen molar-refractivity contribution in [2.75, 3.05) is 6.54 Å². The van der Waals surface area contributed by atoms with Gasteiger partial charge < -0.3 is 5.73 Å². The highest BCUT2D eigenvalue weighted by Crippen LogP contribution is 2.40. The zero-order valence-corrected chi connectivity index (χ0v) is 7.53. The summed E-state index contributed by atoms with van der Waals surface area (Å²) in [5.41, 5.74) is 7.37. The molecule has 1 rings (SSSR count). The van der Waals surface area contributed by atoms with Crippen molar-refractivity contribution in [2.45, 2.75) is 39.0 Å². The van der Waals surface area contributed by atoms with Crippen LogP contribution >= 0.6 is 0 Å². The second-order valence-electron chi connectivity index (χ2n) is 3.83. The lowest BCUT2D eigenvalue weighted by Gasteiger charge is -2.36. The highest BCUT2D eigenvalue weighted by molar-refractivity contribution is 5.09. The van der Waals surface area contributed by atoms with Gasteiger partial charge in [0.2, 0.25) is 0 Å². The number of hydrogen-bond donors (Lipinski definition) is 1. The van der Waals surface area contributed by atoms with Gasteiger partial charge in [0, 0.05) is 12.0 Å². The fourth-order valence-electron chi connectivity index (χ4n) is 2.03. The van der Waals surface area contributed by atoms with Crippen LogP contribution in [0.25, 0.3) is 0 Å². The molecular weight excluding hydrogens is 134 g/mol. The summed E-state index contributed by atoms with van der Waals surface area (Å²) in [5.74, 6) is 0. The SMILES string of the molecule is C=C(C)C1(CN)CCCCC1. The van der Waals surface area contributed by atoms with Crippen LogP contribution < -0.4 is 5.73 Å². The van der Waals surface area contributed by atoms with E-state index < -0.39 is 0 Å². The molecule has 0 amide bonds. The van der Waals surface area contributed by atoms with Crippen LogP contribution in [0.15, 0.2) is 12.2 Å². The number of nitrogens with two attached hydrogens (primary N) is 1. The van der Waals surface area contributed by atoms with Gasteiger partial charge in [0.15, 0.2) is 0 Å². The first-order valence-corrected chi connectivity index (χ1v) is 4.57. The molecule has 1 nitrogen and oxygen atoms in total. The molecule has 1 saturated carbocycles. The van der Waals surface area contributed by atoms with Gasteiger partial charge in [-0.25, -0.2) is 0 Å². The molecule has 11 heavy (non-hydrogen) atoms. The van der Waals surface area contributed by atoms with E-state index in [1.165, 1.54) is 37.7 Å². The molecule has 0 unspecified atom stereocenters. The summed E-state index contributed by atoms with van der Waals surface area (Å²) in [7, 11) is 0. The van der Waals surface area contributed by atoms with Crippen molar-refractivity contribution < 1.29 is 0 Å². The Morgan fingerprint density at radius 1 is 1.36 bits per heavy atom. The quantitative estimate of drug-likeness (QED) is 0.606. The van der Waals surface area contributed by atoms with Gasteiger partial charge in [0.1, 0.15) is 0 Å². The van der Waals surface area contributed by atoms with Gasteiger partial charge in [-0.1, -0.05) is 31.4 Å². The molecule has 1 aliphatic carbocycles. The van der Waals surface area contributed by atoms with Crippen LogP contribution in [-0.4, -0.2) is 6.54 Å². The monoisotopic (exact) mass is 153 g/mol. The lowest BCUT2D eigenvalue weighted by molar-refractivity contribution is 0.249. The maximum atomic E-state index is 5.78. The molecule has 0 aromatic heterocycles. The van der Waals surface area contributed by atoms with Crippen LogP contribution in [0.2, 0.25) is 0 Å². The molecular formula is C10H19N. The maximum Gasteiger partial charge on any atom is 0.00290 e. The number of hydrogen-bond acceptors (Lipinski definition) is 1. The van der Waals surface area contributed by atoms with Crippen molar-refractivity contribution >= 4 is 0 Å². The van der Waals surface area contributed by atoms with Crippen LogP contribution in [0.4, 0.5) is 0 Å². The Bertz CT molecular complexity index is 143. The van der Waals surface area contributed by atoms with Crippen molar-refractivity contribution in [1.82, 2.24) is 0 Å². The standard InChI is InChI=1S/C10H19N/c1-9(2)10(8-11)6-4-3-5-7-10/h1,3-8,11H2,2H3. The van der Waals surface area contributed by atoms with Crippen LogP contribution in [0.5, 0.6) is 0 Å². The van der Waals surface area contributed by atoms with Gasteiger partial charge in [-0.2, -0.15) is 0 Å². The first-order valence-electron chi connectivity index (χ1n) is 4.57. The molecule has 1 fully saturated rings. The summed E-state index contributed by atoms with van der Waals surface area (Å²) in [6.07, 6.45) is 6.58. The molecule has 0 aromatic carbocycles. The molecule has 0 heterocycles. The van der Waals surface area contributed by atoms with E-state index in [0.29, 0.717) is 5.41 Å². The third kappa shape index (κ3) is 1.64. The fourth-order valence-corrected chi connectivity index (χ4v) is 2.03. The summed E-state index contributed by atoms with van der Waals surface area (Å²) >= 11 is 0. The number of rotatable bonds is 2. The highest BCUT2D eigenvalue weighted by atomic mass is 14.6. The van der Waals surface area contributed by atoms with E-state index in [0.717, 1.165) is 6.54 Å². The zero-order valence-electron chi connectivity index (χ0n) is 7.53. The van der Waals surface area contributed by atoms with E-state index in [4.69, 9.17) is 5.73 Å². The summed E-state index contributed by atoms with van der Waals surface area (Å²) in [4.78, 5) is 0. The predicted molar refractivity (Wildman–Crippen MR) is 49.4 cm³/mol. The Morgan fingerprint density at radius 2 is 1.91 bits per heavy atom. The summed E-state index contributed by atoms with van der Waals surface area (Å²) in [6, 6.07) is 0. The molecule has 0 radical (unpaired) electrons. The molecule has 0 saturated heterocycles. The Labute approximate surface area is 69.7 Å². The lowest BCUT2D eigenvalue weighted by atomic mass is 9.70. The van der Waals surface area contributed by atoms with Crippen LogP contribution in [0.1, 0.15) is 39.0 Å². The highest BCUT2D eigenvalue weighted by Gasteiger charge is 2.30. The van der Waals surface area contributed by atoms with E-state index in [2.05, 4.69) is 13.5 Å². The minimum Gasteiger partial charge on any atom is -0.330 e. The Kier molecular flexibility index (Phi) is 2.72. The average Bonchev–Trinajstić information content (AvgIpc) is 2.05. The minimum absolute atomic E-state index is 0.304. The average molecular weight is 153 g/mol. The van der Waals surface area contributed by atoms with E-state index >= 15 is 0 Å². The summed E-state index contributed by atoms with van der Waals surface area (Å²) in [5, 5.41) is 0. The molecule has 0 bridgehead atoms. The lowest BCUT2D eigenvalue weighted by Crippen LogP contribution is -2.33. The van der Waals surface area contributed by atoms with Gasteiger partial charge in [0.25, 0.3) is 0 Å². The first-order chi connectivity index (χ1) is 5.21. The van der Waals surface area contributed by atoms with Crippen molar-refractivity contribution in [3.8, 4) is 0 Å². The molecule has 2 N–H and O–H groups in total. The smallest absolute Gasteiger partial charge is 0.00290 e. The minimum atomic E-state index is 0.304. The molecule has 0 spiro atoms. The van der Waals surface area contributed by atoms with Crippen molar-refractivity contribution in [3.05, 3.63) is 12.2 Å².